The molecule has 0 saturated heterocycles. The van der Waals surface area contributed by atoms with Crippen molar-refractivity contribution in [1.82, 2.24) is 14.1 Å². The number of fused-ring (bicyclic) bond motifs is 3. The van der Waals surface area contributed by atoms with E-state index >= 15 is 0 Å². The maximum absolute atomic E-state index is 11.4. The lowest BCUT2D eigenvalue weighted by Gasteiger charge is -2.17. The fraction of sp³-hybridized carbons (Fsp3) is 0.100. The van der Waals surface area contributed by atoms with Crippen LogP contribution in [-0.2, 0) is 13.1 Å². The van der Waals surface area contributed by atoms with Gasteiger partial charge < -0.3 is 14.2 Å². The number of hydrogen-bond acceptors (Lipinski definition) is 2. The third-order valence-corrected chi connectivity index (χ3v) is 7.86. The molecule has 4 nitrogen and oxygen atoms in total. The average molecular weight is 695 g/mol. The van der Waals surface area contributed by atoms with Crippen molar-refractivity contribution in [2.24, 2.45) is 0 Å². The largest absolute Gasteiger partial charge is 0.389 e. The van der Waals surface area contributed by atoms with Crippen LogP contribution in [0.25, 0.3) is 44.3 Å². The van der Waals surface area contributed by atoms with E-state index in [1.165, 1.54) is 17.9 Å². The first kappa shape index (κ1) is 23.7. The van der Waals surface area contributed by atoms with Gasteiger partial charge >= 0.3 is 0 Å². The molecule has 36 heavy (non-hydrogen) atoms. The second kappa shape index (κ2) is 9.99. The molecule has 0 radical (unpaired) electrons. The number of aliphatic hydroxyl groups is 1. The number of aliphatic hydroxyl groups excluding tert-OH is 1. The van der Waals surface area contributed by atoms with Crippen LogP contribution in [0.1, 0.15) is 0 Å². The molecule has 0 aliphatic carbocycles. The summed E-state index contributed by atoms with van der Waals surface area (Å²) < 4.78 is 6.75. The second-order valence-electron chi connectivity index (χ2n) is 8.91. The lowest BCUT2D eigenvalue weighted by atomic mass is 10.0. The Balaban J connectivity index is 1.39. The number of halogens is 2. The van der Waals surface area contributed by atoms with Crippen molar-refractivity contribution >= 4 is 67.0 Å². The number of hydrogen-bond donors (Lipinski definition) is 1. The van der Waals surface area contributed by atoms with Crippen LogP contribution >= 0.6 is 45.2 Å². The van der Waals surface area contributed by atoms with E-state index in [9.17, 15) is 5.11 Å². The minimum atomic E-state index is -0.595. The molecule has 0 spiro atoms. The van der Waals surface area contributed by atoms with Crippen LogP contribution in [0.5, 0.6) is 0 Å². The normalized spacial score (nSPS) is 12.4. The molecule has 0 aliphatic heterocycles. The molecule has 0 unspecified atom stereocenters. The Morgan fingerprint density at radius 2 is 1.25 bits per heavy atom. The minimum Gasteiger partial charge on any atom is -0.389 e. The molecule has 178 valence electrons. The zero-order valence-electron chi connectivity index (χ0n) is 19.4. The number of rotatable bonds is 6. The molecular formula is C30H23I2N3O. The molecule has 2 aromatic heterocycles. The van der Waals surface area contributed by atoms with Gasteiger partial charge in [-0.2, -0.15) is 0 Å². The molecule has 0 fully saturated rings. The highest BCUT2D eigenvalue weighted by Gasteiger charge is 2.19. The SMILES string of the molecule is O[C@@H](Cn1cnc(-c2ccccc2)c1-c1ccccc1)Cn1c2ccc(I)cc2c2cc(I)ccc21. The fourth-order valence-electron chi connectivity index (χ4n) is 4.97. The van der Waals surface area contributed by atoms with Crippen molar-refractivity contribution in [3.05, 3.63) is 111 Å². The van der Waals surface area contributed by atoms with Crippen molar-refractivity contribution in [2.75, 3.05) is 0 Å². The summed E-state index contributed by atoms with van der Waals surface area (Å²) in [5.41, 5.74) is 6.39. The average Bonchev–Trinajstić information content (AvgIpc) is 3.44. The van der Waals surface area contributed by atoms with E-state index in [2.05, 4.69) is 115 Å². The van der Waals surface area contributed by atoms with E-state index in [4.69, 9.17) is 4.98 Å². The first-order valence-electron chi connectivity index (χ1n) is 11.8. The van der Waals surface area contributed by atoms with Gasteiger partial charge in [0, 0.05) is 40.1 Å². The molecule has 6 rings (SSSR count). The van der Waals surface area contributed by atoms with Gasteiger partial charge in [-0.1, -0.05) is 60.7 Å². The van der Waals surface area contributed by atoms with Crippen molar-refractivity contribution in [3.8, 4) is 22.5 Å². The first-order chi connectivity index (χ1) is 17.6. The smallest absolute Gasteiger partial charge is 0.0963 e. The monoisotopic (exact) mass is 695 g/mol. The highest BCUT2D eigenvalue weighted by molar-refractivity contribution is 14.1. The van der Waals surface area contributed by atoms with Crippen LogP contribution in [0.2, 0.25) is 0 Å². The highest BCUT2D eigenvalue weighted by atomic mass is 127. The summed E-state index contributed by atoms with van der Waals surface area (Å²) in [6.45, 7) is 0.939. The van der Waals surface area contributed by atoms with Gasteiger partial charge in [0.15, 0.2) is 0 Å². The van der Waals surface area contributed by atoms with E-state index in [-0.39, 0.29) is 0 Å². The van der Waals surface area contributed by atoms with Crippen molar-refractivity contribution in [3.63, 3.8) is 0 Å². The Morgan fingerprint density at radius 3 is 1.83 bits per heavy atom. The van der Waals surface area contributed by atoms with Crippen molar-refractivity contribution < 1.29 is 5.11 Å². The molecule has 4 aromatic carbocycles. The van der Waals surface area contributed by atoms with E-state index < -0.39 is 6.10 Å². The zero-order valence-corrected chi connectivity index (χ0v) is 23.7. The summed E-state index contributed by atoms with van der Waals surface area (Å²) in [7, 11) is 0. The van der Waals surface area contributed by atoms with Crippen LogP contribution in [-0.4, -0.2) is 25.3 Å². The van der Waals surface area contributed by atoms with Crippen LogP contribution in [0.3, 0.4) is 0 Å². The van der Waals surface area contributed by atoms with Gasteiger partial charge in [0.25, 0.3) is 0 Å². The maximum Gasteiger partial charge on any atom is 0.0963 e. The molecule has 1 N–H and O–H groups in total. The Hall–Kier alpha value is -2.69. The molecule has 6 aromatic rings. The van der Waals surface area contributed by atoms with Gasteiger partial charge in [-0.15, -0.1) is 0 Å². The highest BCUT2D eigenvalue weighted by Crippen LogP contribution is 2.33. The standard InChI is InChI=1S/C30H23I2N3O/c31-22-11-13-27-25(15-22)26-16-23(32)12-14-28(26)35(27)18-24(36)17-34-19-33-29(20-7-3-1-4-8-20)30(34)21-9-5-2-6-10-21/h1-16,19,24,36H,17-18H2/t24-/m0/s1. The lowest BCUT2D eigenvalue weighted by Crippen LogP contribution is -2.22. The summed E-state index contributed by atoms with van der Waals surface area (Å²) in [6, 6.07) is 33.6. The van der Waals surface area contributed by atoms with Gasteiger partial charge in [-0.05, 0) is 81.6 Å². The fourth-order valence-corrected chi connectivity index (χ4v) is 5.95. The molecule has 0 aliphatic rings. The number of nitrogens with zero attached hydrogens (tertiary/aromatic N) is 3. The quantitative estimate of drug-likeness (QED) is 0.183. The Bertz CT molecular complexity index is 1610. The third kappa shape index (κ3) is 4.46. The van der Waals surface area contributed by atoms with Gasteiger partial charge in [-0.25, -0.2) is 4.98 Å². The Kier molecular flexibility index (Phi) is 6.57. The summed E-state index contributed by atoms with van der Waals surface area (Å²) in [6.07, 6.45) is 1.26. The summed E-state index contributed by atoms with van der Waals surface area (Å²) >= 11 is 4.73. The molecule has 2 heterocycles. The van der Waals surface area contributed by atoms with Crippen LogP contribution in [0, 0.1) is 7.14 Å². The predicted octanol–water partition coefficient (Wildman–Crippen LogP) is 7.60. The number of imidazole rings is 1. The van der Waals surface area contributed by atoms with E-state index in [0.29, 0.717) is 13.1 Å². The van der Waals surface area contributed by atoms with Gasteiger partial charge in [0.05, 0.1) is 36.9 Å². The molecule has 0 saturated carbocycles. The Morgan fingerprint density at radius 1 is 0.694 bits per heavy atom. The van der Waals surface area contributed by atoms with E-state index in [0.717, 1.165) is 33.5 Å². The van der Waals surface area contributed by atoms with E-state index in [1.54, 1.807) is 0 Å². The molecule has 0 bridgehead atoms. The van der Waals surface area contributed by atoms with Crippen molar-refractivity contribution in [1.29, 1.82) is 0 Å². The zero-order chi connectivity index (χ0) is 24.6. The van der Waals surface area contributed by atoms with E-state index in [1.807, 2.05) is 42.7 Å². The third-order valence-electron chi connectivity index (χ3n) is 6.52. The van der Waals surface area contributed by atoms with Crippen molar-refractivity contribution in [2.45, 2.75) is 19.2 Å². The lowest BCUT2D eigenvalue weighted by molar-refractivity contribution is 0.137. The van der Waals surface area contributed by atoms with Gasteiger partial charge in [0.1, 0.15) is 0 Å². The predicted molar refractivity (Wildman–Crippen MR) is 164 cm³/mol. The summed E-state index contributed by atoms with van der Waals surface area (Å²) in [5, 5.41) is 13.8. The second-order valence-corrected chi connectivity index (χ2v) is 11.4. The molecule has 1 atom stereocenters. The minimum absolute atomic E-state index is 0.444. The molecule has 6 heteroatoms. The summed E-state index contributed by atoms with van der Waals surface area (Å²) in [4.78, 5) is 4.78. The van der Waals surface area contributed by atoms with Crippen LogP contribution < -0.4 is 0 Å². The molecular weight excluding hydrogens is 672 g/mol. The maximum atomic E-state index is 11.4. The Labute approximate surface area is 236 Å². The first-order valence-corrected chi connectivity index (χ1v) is 14.0. The topological polar surface area (TPSA) is 43.0 Å². The van der Waals surface area contributed by atoms with Gasteiger partial charge in [-0.3, -0.25) is 0 Å². The van der Waals surface area contributed by atoms with Crippen LogP contribution in [0.15, 0.2) is 103 Å². The summed E-state index contributed by atoms with van der Waals surface area (Å²) in [5.74, 6) is 0. The number of benzene rings is 4. The van der Waals surface area contributed by atoms with Crippen LogP contribution in [0.4, 0.5) is 0 Å². The van der Waals surface area contributed by atoms with Gasteiger partial charge in [0.2, 0.25) is 0 Å². The molecule has 0 amide bonds. The number of aromatic nitrogens is 3.